The van der Waals surface area contributed by atoms with Crippen LogP contribution in [0.2, 0.25) is 0 Å². The van der Waals surface area contributed by atoms with E-state index in [-0.39, 0.29) is 17.7 Å². The SMILES string of the molecule is Cc1cc(S(=O)(=O)NC(C)CCC(=O)O)ccc1C#N. The Labute approximate surface area is 118 Å². The zero-order valence-electron chi connectivity index (χ0n) is 11.3. The van der Waals surface area contributed by atoms with Gasteiger partial charge in [0, 0.05) is 12.5 Å². The van der Waals surface area contributed by atoms with Crippen molar-refractivity contribution >= 4 is 16.0 Å². The van der Waals surface area contributed by atoms with E-state index in [4.69, 9.17) is 10.4 Å². The van der Waals surface area contributed by atoms with Crippen molar-refractivity contribution in [2.75, 3.05) is 0 Å². The van der Waals surface area contributed by atoms with E-state index in [1.54, 1.807) is 13.8 Å². The Kier molecular flexibility index (Phi) is 5.25. The van der Waals surface area contributed by atoms with Gasteiger partial charge in [-0.1, -0.05) is 0 Å². The zero-order valence-corrected chi connectivity index (χ0v) is 12.1. The largest absolute Gasteiger partial charge is 0.481 e. The zero-order chi connectivity index (χ0) is 15.3. The second-order valence-electron chi connectivity index (χ2n) is 4.54. The average Bonchev–Trinajstić information content (AvgIpc) is 2.35. The molecule has 1 unspecified atom stereocenters. The Morgan fingerprint density at radius 2 is 2.15 bits per heavy atom. The van der Waals surface area contributed by atoms with Crippen LogP contribution in [-0.2, 0) is 14.8 Å². The van der Waals surface area contributed by atoms with Crippen molar-refractivity contribution in [2.45, 2.75) is 37.6 Å². The first-order chi connectivity index (χ1) is 9.26. The summed E-state index contributed by atoms with van der Waals surface area (Å²) in [5.41, 5.74) is 0.997. The van der Waals surface area contributed by atoms with Crippen molar-refractivity contribution < 1.29 is 18.3 Å². The number of carbonyl (C=O) groups is 1. The molecule has 20 heavy (non-hydrogen) atoms. The van der Waals surface area contributed by atoms with Crippen LogP contribution in [-0.4, -0.2) is 25.5 Å². The quantitative estimate of drug-likeness (QED) is 0.825. The summed E-state index contributed by atoms with van der Waals surface area (Å²) >= 11 is 0. The van der Waals surface area contributed by atoms with Gasteiger partial charge < -0.3 is 5.11 Å². The highest BCUT2D eigenvalue weighted by atomic mass is 32.2. The topological polar surface area (TPSA) is 107 Å². The first kappa shape index (κ1) is 16.1. The van der Waals surface area contributed by atoms with Gasteiger partial charge in [-0.15, -0.1) is 0 Å². The number of rotatable bonds is 6. The van der Waals surface area contributed by atoms with Gasteiger partial charge in [0.05, 0.1) is 16.5 Å². The highest BCUT2D eigenvalue weighted by Gasteiger charge is 2.18. The fraction of sp³-hybridized carbons (Fsp3) is 0.385. The molecule has 1 aromatic rings. The average molecular weight is 296 g/mol. The molecule has 108 valence electrons. The fourth-order valence-corrected chi connectivity index (χ4v) is 3.02. The highest BCUT2D eigenvalue weighted by Crippen LogP contribution is 2.15. The summed E-state index contributed by atoms with van der Waals surface area (Å²) in [6.07, 6.45) is 0.111. The van der Waals surface area contributed by atoms with Crippen LogP contribution in [0.5, 0.6) is 0 Å². The summed E-state index contributed by atoms with van der Waals surface area (Å²) < 4.78 is 26.6. The number of benzene rings is 1. The molecule has 1 aromatic carbocycles. The number of aliphatic carboxylic acids is 1. The van der Waals surface area contributed by atoms with E-state index in [1.165, 1.54) is 18.2 Å². The Hall–Kier alpha value is -1.91. The first-order valence-electron chi connectivity index (χ1n) is 6.01. The van der Waals surface area contributed by atoms with Crippen LogP contribution in [0.1, 0.15) is 30.9 Å². The van der Waals surface area contributed by atoms with E-state index in [9.17, 15) is 13.2 Å². The molecule has 0 saturated heterocycles. The van der Waals surface area contributed by atoms with Gasteiger partial charge in [-0.2, -0.15) is 5.26 Å². The maximum Gasteiger partial charge on any atom is 0.303 e. The summed E-state index contributed by atoms with van der Waals surface area (Å²) in [6.45, 7) is 3.27. The normalized spacial score (nSPS) is 12.7. The van der Waals surface area contributed by atoms with Crippen molar-refractivity contribution in [2.24, 2.45) is 0 Å². The Bertz CT molecular complexity index is 647. The highest BCUT2D eigenvalue weighted by molar-refractivity contribution is 7.89. The lowest BCUT2D eigenvalue weighted by atomic mass is 10.1. The van der Waals surface area contributed by atoms with Crippen molar-refractivity contribution in [3.8, 4) is 6.07 Å². The number of nitriles is 1. The van der Waals surface area contributed by atoms with Crippen LogP contribution in [0.3, 0.4) is 0 Å². The lowest BCUT2D eigenvalue weighted by Gasteiger charge is -2.13. The summed E-state index contributed by atoms with van der Waals surface area (Å²) in [6, 6.07) is 5.72. The molecule has 0 radical (unpaired) electrons. The smallest absolute Gasteiger partial charge is 0.303 e. The molecule has 0 fully saturated rings. The summed E-state index contributed by atoms with van der Waals surface area (Å²) in [5, 5.41) is 17.4. The second kappa shape index (κ2) is 6.50. The molecular weight excluding hydrogens is 280 g/mol. The molecule has 1 atom stereocenters. The van der Waals surface area contributed by atoms with Crippen molar-refractivity contribution in [3.63, 3.8) is 0 Å². The molecule has 7 heteroatoms. The van der Waals surface area contributed by atoms with Gasteiger partial charge >= 0.3 is 5.97 Å². The molecule has 0 amide bonds. The third-order valence-corrected chi connectivity index (χ3v) is 4.36. The number of hydrogen-bond donors (Lipinski definition) is 2. The van der Waals surface area contributed by atoms with E-state index in [0.29, 0.717) is 11.1 Å². The van der Waals surface area contributed by atoms with E-state index in [0.717, 1.165) is 0 Å². The Balaban J connectivity index is 2.86. The molecule has 6 nitrogen and oxygen atoms in total. The van der Waals surface area contributed by atoms with Crippen molar-refractivity contribution in [3.05, 3.63) is 29.3 Å². The predicted molar refractivity (Wildman–Crippen MR) is 72.5 cm³/mol. The lowest BCUT2D eigenvalue weighted by Crippen LogP contribution is -2.33. The molecule has 0 aliphatic rings. The third-order valence-electron chi connectivity index (χ3n) is 2.78. The van der Waals surface area contributed by atoms with E-state index < -0.39 is 22.0 Å². The third kappa shape index (κ3) is 4.33. The standard InChI is InChI=1S/C13H16N2O4S/c1-9-7-12(5-4-11(9)8-14)20(18,19)15-10(2)3-6-13(16)17/h4-5,7,10,15H,3,6H2,1-2H3,(H,16,17). The van der Waals surface area contributed by atoms with Gasteiger partial charge in [0.25, 0.3) is 0 Å². The van der Waals surface area contributed by atoms with Crippen LogP contribution in [0, 0.1) is 18.3 Å². The number of nitrogens with zero attached hydrogens (tertiary/aromatic N) is 1. The van der Waals surface area contributed by atoms with Crippen molar-refractivity contribution in [1.29, 1.82) is 5.26 Å². The van der Waals surface area contributed by atoms with Crippen LogP contribution in [0.25, 0.3) is 0 Å². The molecule has 0 aliphatic heterocycles. The summed E-state index contributed by atoms with van der Waals surface area (Å²) in [5.74, 6) is -0.967. The first-order valence-corrected chi connectivity index (χ1v) is 7.49. The van der Waals surface area contributed by atoms with E-state index in [1.807, 2.05) is 6.07 Å². The van der Waals surface area contributed by atoms with E-state index >= 15 is 0 Å². The summed E-state index contributed by atoms with van der Waals surface area (Å²) in [7, 11) is -3.71. The monoisotopic (exact) mass is 296 g/mol. The van der Waals surface area contributed by atoms with Crippen LogP contribution in [0.15, 0.2) is 23.1 Å². The maximum atomic E-state index is 12.1. The molecule has 0 saturated carbocycles. The minimum absolute atomic E-state index is 0.0659. The molecule has 0 spiro atoms. The van der Waals surface area contributed by atoms with Crippen LogP contribution < -0.4 is 4.72 Å². The molecule has 0 aromatic heterocycles. The van der Waals surface area contributed by atoms with Gasteiger partial charge in [0.1, 0.15) is 0 Å². The number of hydrogen-bond acceptors (Lipinski definition) is 4. The number of nitrogens with one attached hydrogen (secondary N) is 1. The number of carboxylic acid groups (broad SMARTS) is 1. The minimum Gasteiger partial charge on any atom is -0.481 e. The number of carboxylic acids is 1. The maximum absolute atomic E-state index is 12.1. The van der Waals surface area contributed by atoms with Crippen LogP contribution in [0.4, 0.5) is 0 Å². The Morgan fingerprint density at radius 1 is 1.50 bits per heavy atom. The molecule has 2 N–H and O–H groups in total. The van der Waals surface area contributed by atoms with Crippen LogP contribution >= 0.6 is 0 Å². The number of sulfonamides is 1. The minimum atomic E-state index is -3.71. The molecule has 0 heterocycles. The molecule has 1 rings (SSSR count). The van der Waals surface area contributed by atoms with Crippen molar-refractivity contribution in [1.82, 2.24) is 4.72 Å². The van der Waals surface area contributed by atoms with Gasteiger partial charge in [0.15, 0.2) is 0 Å². The summed E-state index contributed by atoms with van der Waals surface area (Å²) in [4.78, 5) is 10.5. The predicted octanol–water partition coefficient (Wildman–Crippen LogP) is 1.40. The van der Waals surface area contributed by atoms with E-state index in [2.05, 4.69) is 4.72 Å². The molecular formula is C13H16N2O4S. The second-order valence-corrected chi connectivity index (χ2v) is 6.26. The van der Waals surface area contributed by atoms with Gasteiger partial charge in [-0.25, -0.2) is 13.1 Å². The lowest BCUT2D eigenvalue weighted by molar-refractivity contribution is -0.137. The van der Waals surface area contributed by atoms with Gasteiger partial charge in [-0.05, 0) is 44.0 Å². The molecule has 0 aliphatic carbocycles. The molecule has 0 bridgehead atoms. The van der Waals surface area contributed by atoms with Gasteiger partial charge in [-0.3, -0.25) is 4.79 Å². The number of aryl methyl sites for hydroxylation is 1. The Morgan fingerprint density at radius 3 is 2.65 bits per heavy atom. The fourth-order valence-electron chi connectivity index (χ4n) is 1.66. The van der Waals surface area contributed by atoms with Gasteiger partial charge in [0.2, 0.25) is 10.0 Å².